The summed E-state index contributed by atoms with van der Waals surface area (Å²) in [7, 11) is 1.61. The first-order valence-electron chi connectivity index (χ1n) is 8.13. The summed E-state index contributed by atoms with van der Waals surface area (Å²) in [4.78, 5) is 11.7. The molecule has 2 N–H and O–H groups in total. The number of nitrogens with two attached hydrogens (primary N) is 1. The van der Waals surface area contributed by atoms with E-state index in [1.807, 2.05) is 24.3 Å². The first kappa shape index (κ1) is 18.0. The van der Waals surface area contributed by atoms with Crippen LogP contribution in [-0.2, 0) is 9.53 Å². The second-order valence-electron chi connectivity index (χ2n) is 5.84. The average Bonchev–Trinajstić information content (AvgIpc) is 2.54. The van der Waals surface area contributed by atoms with Gasteiger partial charge in [-0.3, -0.25) is 4.79 Å². The maximum atomic E-state index is 11.7. The molecule has 0 fully saturated rings. The maximum absolute atomic E-state index is 11.7. The highest BCUT2D eigenvalue weighted by molar-refractivity contribution is 5.74. The Hall–Kier alpha value is -2.33. The highest BCUT2D eigenvalue weighted by Crippen LogP contribution is 2.34. The summed E-state index contributed by atoms with van der Waals surface area (Å²) < 4.78 is 10.4. The molecule has 1 atom stereocenters. The molecule has 0 saturated heterocycles. The SMILES string of the molecule is CCOC(=O)C[C@H](N)c1cc(-c2c(C)cccc2C)ccc1OC. The van der Waals surface area contributed by atoms with Crippen LogP contribution in [0.15, 0.2) is 36.4 Å². The van der Waals surface area contributed by atoms with Crippen molar-refractivity contribution >= 4 is 5.97 Å². The maximum Gasteiger partial charge on any atom is 0.307 e. The number of ether oxygens (including phenoxy) is 2. The lowest BCUT2D eigenvalue weighted by Gasteiger charge is -2.18. The van der Waals surface area contributed by atoms with E-state index < -0.39 is 6.04 Å². The van der Waals surface area contributed by atoms with Gasteiger partial charge in [-0.15, -0.1) is 0 Å². The van der Waals surface area contributed by atoms with Crippen molar-refractivity contribution in [2.24, 2.45) is 5.73 Å². The second-order valence-corrected chi connectivity index (χ2v) is 5.84. The monoisotopic (exact) mass is 327 g/mol. The van der Waals surface area contributed by atoms with Crippen molar-refractivity contribution in [3.05, 3.63) is 53.1 Å². The van der Waals surface area contributed by atoms with Crippen LogP contribution in [0.1, 0.15) is 36.1 Å². The van der Waals surface area contributed by atoms with E-state index in [-0.39, 0.29) is 12.4 Å². The number of methoxy groups -OCH3 is 1. The molecular formula is C20H25NO3. The van der Waals surface area contributed by atoms with Gasteiger partial charge in [0.05, 0.1) is 20.1 Å². The zero-order chi connectivity index (χ0) is 17.7. The van der Waals surface area contributed by atoms with Gasteiger partial charge in [0.15, 0.2) is 0 Å². The lowest BCUT2D eigenvalue weighted by molar-refractivity contribution is -0.143. The van der Waals surface area contributed by atoms with Gasteiger partial charge in [0, 0.05) is 11.6 Å². The minimum atomic E-state index is -0.469. The van der Waals surface area contributed by atoms with Gasteiger partial charge >= 0.3 is 5.97 Å². The number of esters is 1. The number of benzene rings is 2. The molecule has 2 aromatic carbocycles. The van der Waals surface area contributed by atoms with Gasteiger partial charge in [0.25, 0.3) is 0 Å². The Bertz CT molecular complexity index is 705. The minimum Gasteiger partial charge on any atom is -0.496 e. The summed E-state index contributed by atoms with van der Waals surface area (Å²) in [5, 5.41) is 0. The molecule has 0 spiro atoms. The third-order valence-electron chi connectivity index (χ3n) is 4.09. The molecule has 4 heteroatoms. The quantitative estimate of drug-likeness (QED) is 0.817. The van der Waals surface area contributed by atoms with Crippen LogP contribution in [-0.4, -0.2) is 19.7 Å². The fourth-order valence-corrected chi connectivity index (χ4v) is 2.96. The van der Waals surface area contributed by atoms with Crippen molar-refractivity contribution in [3.8, 4) is 16.9 Å². The zero-order valence-corrected chi connectivity index (χ0v) is 14.8. The molecule has 24 heavy (non-hydrogen) atoms. The van der Waals surface area contributed by atoms with E-state index in [1.165, 1.54) is 16.7 Å². The Morgan fingerprint density at radius 1 is 1.17 bits per heavy atom. The lowest BCUT2D eigenvalue weighted by Crippen LogP contribution is -2.18. The smallest absolute Gasteiger partial charge is 0.307 e. The third-order valence-corrected chi connectivity index (χ3v) is 4.09. The molecule has 0 aliphatic rings. The Morgan fingerprint density at radius 3 is 2.42 bits per heavy atom. The van der Waals surface area contributed by atoms with Crippen LogP contribution < -0.4 is 10.5 Å². The lowest BCUT2D eigenvalue weighted by atomic mass is 9.92. The highest BCUT2D eigenvalue weighted by atomic mass is 16.5. The molecule has 0 heterocycles. The van der Waals surface area contributed by atoms with Crippen LogP contribution >= 0.6 is 0 Å². The van der Waals surface area contributed by atoms with Crippen LogP contribution in [0.25, 0.3) is 11.1 Å². The van der Waals surface area contributed by atoms with Crippen LogP contribution in [0.3, 0.4) is 0 Å². The molecule has 0 aliphatic heterocycles. The van der Waals surface area contributed by atoms with Gasteiger partial charge in [-0.2, -0.15) is 0 Å². The van der Waals surface area contributed by atoms with Crippen molar-refractivity contribution in [1.82, 2.24) is 0 Å². The summed E-state index contributed by atoms with van der Waals surface area (Å²) in [6, 6.07) is 11.7. The molecule has 128 valence electrons. The number of carbonyl (C=O) groups excluding carboxylic acids is 1. The molecule has 4 nitrogen and oxygen atoms in total. The largest absolute Gasteiger partial charge is 0.496 e. The first-order valence-corrected chi connectivity index (χ1v) is 8.13. The molecule has 2 rings (SSSR count). The van der Waals surface area contributed by atoms with Gasteiger partial charge in [0.2, 0.25) is 0 Å². The summed E-state index contributed by atoms with van der Waals surface area (Å²) in [5.41, 5.74) is 11.7. The molecule has 0 amide bonds. The van der Waals surface area contributed by atoms with Gasteiger partial charge in [-0.25, -0.2) is 0 Å². The molecule has 0 radical (unpaired) electrons. The standard InChI is InChI=1S/C20H25NO3/c1-5-24-19(22)12-17(21)16-11-15(9-10-18(16)23-4)20-13(2)7-6-8-14(20)3/h6-11,17H,5,12,21H2,1-4H3/t17-/m0/s1. The van der Waals surface area contributed by atoms with E-state index in [1.54, 1.807) is 14.0 Å². The van der Waals surface area contributed by atoms with E-state index in [0.717, 1.165) is 11.1 Å². The van der Waals surface area contributed by atoms with Crippen LogP contribution in [0.4, 0.5) is 0 Å². The second kappa shape index (κ2) is 7.97. The van der Waals surface area contributed by atoms with E-state index >= 15 is 0 Å². The van der Waals surface area contributed by atoms with Crippen LogP contribution in [0, 0.1) is 13.8 Å². The van der Waals surface area contributed by atoms with E-state index in [4.69, 9.17) is 15.2 Å². The van der Waals surface area contributed by atoms with Crippen molar-refractivity contribution in [3.63, 3.8) is 0 Å². The van der Waals surface area contributed by atoms with Crippen LogP contribution in [0.5, 0.6) is 5.75 Å². The number of hydrogen-bond acceptors (Lipinski definition) is 4. The Kier molecular flexibility index (Phi) is 5.99. The average molecular weight is 327 g/mol. The molecule has 0 unspecified atom stereocenters. The van der Waals surface area contributed by atoms with Crippen molar-refractivity contribution in [2.45, 2.75) is 33.2 Å². The van der Waals surface area contributed by atoms with Crippen molar-refractivity contribution in [1.29, 1.82) is 0 Å². The summed E-state index contributed by atoms with van der Waals surface area (Å²) in [5.74, 6) is 0.381. The van der Waals surface area contributed by atoms with Crippen molar-refractivity contribution < 1.29 is 14.3 Å². The Morgan fingerprint density at radius 2 is 1.83 bits per heavy atom. The Labute approximate surface area is 143 Å². The minimum absolute atomic E-state index is 0.125. The van der Waals surface area contributed by atoms with Gasteiger partial charge in [-0.1, -0.05) is 24.3 Å². The number of rotatable bonds is 6. The number of aryl methyl sites for hydroxylation is 2. The molecular weight excluding hydrogens is 302 g/mol. The summed E-state index contributed by atoms with van der Waals surface area (Å²) in [6.45, 7) is 6.31. The topological polar surface area (TPSA) is 61.5 Å². The third kappa shape index (κ3) is 3.95. The predicted octanol–water partition coefficient (Wildman–Crippen LogP) is 3.93. The molecule has 2 aromatic rings. The molecule has 0 bridgehead atoms. The molecule has 0 saturated carbocycles. The normalized spacial score (nSPS) is 11.9. The van der Waals surface area contributed by atoms with Gasteiger partial charge < -0.3 is 15.2 Å². The molecule has 0 aliphatic carbocycles. The van der Waals surface area contributed by atoms with E-state index in [0.29, 0.717) is 12.4 Å². The van der Waals surface area contributed by atoms with Crippen molar-refractivity contribution in [2.75, 3.05) is 13.7 Å². The zero-order valence-electron chi connectivity index (χ0n) is 14.8. The predicted molar refractivity (Wildman–Crippen MR) is 96.1 cm³/mol. The van der Waals surface area contributed by atoms with E-state index in [9.17, 15) is 4.79 Å². The van der Waals surface area contributed by atoms with Crippen LogP contribution in [0.2, 0.25) is 0 Å². The number of carbonyl (C=O) groups is 1. The summed E-state index contributed by atoms with van der Waals surface area (Å²) >= 11 is 0. The van der Waals surface area contributed by atoms with Gasteiger partial charge in [-0.05, 0) is 55.2 Å². The Balaban J connectivity index is 2.42. The summed E-state index contributed by atoms with van der Waals surface area (Å²) in [6.07, 6.45) is 0.125. The highest BCUT2D eigenvalue weighted by Gasteiger charge is 2.18. The molecule has 0 aromatic heterocycles. The fraction of sp³-hybridized carbons (Fsp3) is 0.350. The fourth-order valence-electron chi connectivity index (χ4n) is 2.96. The number of hydrogen-bond donors (Lipinski definition) is 1. The van der Waals surface area contributed by atoms with E-state index in [2.05, 4.69) is 26.0 Å². The first-order chi connectivity index (χ1) is 11.5. The van der Waals surface area contributed by atoms with Gasteiger partial charge in [0.1, 0.15) is 5.75 Å².